The largest absolute Gasteiger partial charge is 4.00 e. The number of rotatable bonds is 1. The molecule has 0 aromatic heterocycles. The van der Waals surface area contributed by atoms with Gasteiger partial charge in [-0.15, -0.1) is 6.92 Å². The quantitative estimate of drug-likeness (QED) is 0.397. The van der Waals surface area contributed by atoms with Crippen LogP contribution in [0.1, 0.15) is 86.5 Å². The van der Waals surface area contributed by atoms with Crippen molar-refractivity contribution in [2.75, 3.05) is 0 Å². The van der Waals surface area contributed by atoms with Gasteiger partial charge in [-0.1, -0.05) is 72.1 Å². The summed E-state index contributed by atoms with van der Waals surface area (Å²) in [6.07, 6.45) is 19.1. The van der Waals surface area contributed by atoms with E-state index in [4.69, 9.17) is 0 Å². The molecule has 0 heterocycles. The fourth-order valence-electron chi connectivity index (χ4n) is 3.88. The van der Waals surface area contributed by atoms with Crippen molar-refractivity contribution in [3.8, 4) is 0 Å². The summed E-state index contributed by atoms with van der Waals surface area (Å²) in [5, 5.41) is 0. The van der Waals surface area contributed by atoms with Crippen LogP contribution in [-0.4, -0.2) is 0 Å². The van der Waals surface area contributed by atoms with Crippen molar-refractivity contribution in [1.82, 2.24) is 0 Å². The van der Waals surface area contributed by atoms with Gasteiger partial charge in [-0.25, -0.2) is 23.3 Å². The standard InChI is InChI=1S/C13H19.C10H15.2ClH.Zr/c1-11-8-9-13(10-11)12-6-4-2-3-5-7-12;1-7-6-10(4,5)9(3)8(7)2;;;/h9,12H,2-8H2,1H3;1-5H3;2*1H;/q2*-1;;;+4/p-2. The molecule has 0 aromatic rings. The Morgan fingerprint density at radius 1 is 0.923 bits per heavy atom. The number of allylic oxidation sites excluding steroid dienone is 8. The summed E-state index contributed by atoms with van der Waals surface area (Å²) >= 11 is 0. The Morgan fingerprint density at radius 3 is 1.77 bits per heavy atom. The fraction of sp³-hybridized carbons (Fsp3) is 0.652. The van der Waals surface area contributed by atoms with Gasteiger partial charge in [0, 0.05) is 0 Å². The van der Waals surface area contributed by atoms with E-state index in [-0.39, 0.29) is 56.4 Å². The molecule has 1 saturated carbocycles. The van der Waals surface area contributed by atoms with Crippen LogP contribution in [0.2, 0.25) is 0 Å². The second kappa shape index (κ2) is 12.8. The molecular formula is C23H34Cl2Zr. The molecule has 144 valence electrons. The van der Waals surface area contributed by atoms with Gasteiger partial charge in [0.1, 0.15) is 0 Å². The van der Waals surface area contributed by atoms with E-state index in [2.05, 4.69) is 59.8 Å². The first-order chi connectivity index (χ1) is 10.8. The first kappa shape index (κ1) is 28.6. The minimum Gasteiger partial charge on any atom is -1.00 e. The summed E-state index contributed by atoms with van der Waals surface area (Å²) in [4.78, 5) is 0. The average Bonchev–Trinajstić information content (AvgIpc) is 2.84. The third kappa shape index (κ3) is 7.81. The van der Waals surface area contributed by atoms with E-state index in [0.29, 0.717) is 0 Å². The Morgan fingerprint density at radius 2 is 1.46 bits per heavy atom. The third-order valence-corrected chi connectivity index (χ3v) is 5.84. The molecule has 0 spiro atoms. The van der Waals surface area contributed by atoms with Crippen LogP contribution >= 0.6 is 0 Å². The zero-order valence-electron chi connectivity index (χ0n) is 17.4. The maximum absolute atomic E-state index is 3.53. The summed E-state index contributed by atoms with van der Waals surface area (Å²) in [5.41, 5.74) is 7.35. The van der Waals surface area contributed by atoms with Crippen molar-refractivity contribution in [2.45, 2.75) is 86.5 Å². The van der Waals surface area contributed by atoms with E-state index in [1.807, 2.05) is 0 Å². The predicted octanol–water partition coefficient (Wildman–Crippen LogP) is 1.15. The van der Waals surface area contributed by atoms with Crippen LogP contribution in [0.5, 0.6) is 0 Å². The first-order valence-electron chi connectivity index (χ1n) is 9.41. The molecule has 0 saturated heterocycles. The molecule has 0 aliphatic heterocycles. The maximum Gasteiger partial charge on any atom is 4.00 e. The second-order valence-electron chi connectivity index (χ2n) is 8.08. The van der Waals surface area contributed by atoms with Crippen molar-refractivity contribution in [2.24, 2.45) is 11.3 Å². The molecule has 3 heteroatoms. The molecule has 1 fully saturated rings. The summed E-state index contributed by atoms with van der Waals surface area (Å²) in [6, 6.07) is 0. The van der Waals surface area contributed by atoms with Gasteiger partial charge in [0.25, 0.3) is 0 Å². The SMILES string of the molecule is CC1=[C-]C(C)(C)C(C)=C1C.CC1=[C-]C(C2CCCCCC2)=CC1.[Cl-].[Cl-].[Zr+4]. The van der Waals surface area contributed by atoms with E-state index < -0.39 is 0 Å². The summed E-state index contributed by atoms with van der Waals surface area (Å²) in [7, 11) is 0. The van der Waals surface area contributed by atoms with Crippen molar-refractivity contribution in [3.63, 3.8) is 0 Å². The fourth-order valence-corrected chi connectivity index (χ4v) is 3.88. The molecule has 3 aliphatic rings. The van der Waals surface area contributed by atoms with Gasteiger partial charge >= 0.3 is 26.2 Å². The van der Waals surface area contributed by atoms with Crippen LogP contribution in [0.25, 0.3) is 0 Å². The van der Waals surface area contributed by atoms with Crippen LogP contribution in [0.4, 0.5) is 0 Å². The maximum atomic E-state index is 3.53. The zero-order valence-corrected chi connectivity index (χ0v) is 21.3. The van der Waals surface area contributed by atoms with Gasteiger partial charge < -0.3 is 24.8 Å². The molecule has 0 radical (unpaired) electrons. The van der Waals surface area contributed by atoms with Gasteiger partial charge in [-0.3, -0.25) is 6.08 Å². The van der Waals surface area contributed by atoms with Crippen molar-refractivity contribution < 1.29 is 51.0 Å². The van der Waals surface area contributed by atoms with Crippen LogP contribution in [0.3, 0.4) is 0 Å². The van der Waals surface area contributed by atoms with Gasteiger partial charge in [0.2, 0.25) is 0 Å². The van der Waals surface area contributed by atoms with Crippen molar-refractivity contribution >= 4 is 0 Å². The molecule has 0 atom stereocenters. The zero-order chi connectivity index (χ0) is 17.0. The summed E-state index contributed by atoms with van der Waals surface area (Å²) in [5.74, 6) is 0.847. The van der Waals surface area contributed by atoms with Crippen molar-refractivity contribution in [1.29, 1.82) is 0 Å². The third-order valence-electron chi connectivity index (χ3n) is 5.84. The molecule has 3 aliphatic carbocycles. The smallest absolute Gasteiger partial charge is 1.00 e. The van der Waals surface area contributed by atoms with Crippen LogP contribution in [-0.2, 0) is 26.2 Å². The van der Waals surface area contributed by atoms with Gasteiger partial charge in [-0.2, -0.15) is 16.7 Å². The molecular weight excluding hydrogens is 438 g/mol. The Labute approximate surface area is 194 Å². The van der Waals surface area contributed by atoms with Crippen molar-refractivity contribution in [3.05, 3.63) is 46.1 Å². The minimum atomic E-state index is 0. The van der Waals surface area contributed by atoms with E-state index >= 15 is 0 Å². The first-order valence-corrected chi connectivity index (χ1v) is 9.41. The molecule has 26 heavy (non-hydrogen) atoms. The molecule has 0 unspecified atom stereocenters. The molecule has 0 N–H and O–H groups in total. The Bertz CT molecular complexity index is 557. The van der Waals surface area contributed by atoms with E-state index in [1.54, 1.807) is 0 Å². The Hall–Kier alpha value is 0.423. The van der Waals surface area contributed by atoms with Crippen LogP contribution in [0, 0.1) is 23.5 Å². The predicted molar refractivity (Wildman–Crippen MR) is 101 cm³/mol. The topological polar surface area (TPSA) is 0 Å². The molecule has 0 aromatic carbocycles. The summed E-state index contributed by atoms with van der Waals surface area (Å²) < 4.78 is 0. The van der Waals surface area contributed by atoms with Gasteiger partial charge in [0.05, 0.1) is 0 Å². The second-order valence-corrected chi connectivity index (χ2v) is 8.08. The van der Waals surface area contributed by atoms with Gasteiger partial charge in [-0.05, 0) is 18.8 Å². The molecule has 0 amide bonds. The normalized spacial score (nSPS) is 21.7. The van der Waals surface area contributed by atoms with Crippen LogP contribution in [0.15, 0.2) is 33.9 Å². The van der Waals surface area contributed by atoms with Crippen LogP contribution < -0.4 is 24.8 Å². The Kier molecular flexibility index (Phi) is 14.1. The van der Waals surface area contributed by atoms with E-state index in [9.17, 15) is 0 Å². The monoisotopic (exact) mass is 470 g/mol. The molecule has 0 bridgehead atoms. The van der Waals surface area contributed by atoms with E-state index in [1.165, 1.54) is 66.4 Å². The average molecular weight is 473 g/mol. The minimum absolute atomic E-state index is 0. The Balaban J connectivity index is 0. The number of hydrogen-bond donors (Lipinski definition) is 0. The molecule has 0 nitrogen and oxygen atoms in total. The summed E-state index contributed by atoms with van der Waals surface area (Å²) in [6.45, 7) is 13.1. The van der Waals surface area contributed by atoms with E-state index in [0.717, 1.165) is 12.3 Å². The number of hydrogen-bond acceptors (Lipinski definition) is 0. The number of halogens is 2. The van der Waals surface area contributed by atoms with Gasteiger partial charge in [0.15, 0.2) is 0 Å². The molecule has 3 rings (SSSR count).